The van der Waals surface area contributed by atoms with Gasteiger partial charge in [-0.25, -0.2) is 4.98 Å². The molecule has 0 aliphatic carbocycles. The second kappa shape index (κ2) is 5.62. The lowest BCUT2D eigenvalue weighted by molar-refractivity contribution is 0.385. The van der Waals surface area contributed by atoms with Gasteiger partial charge in [0.25, 0.3) is 0 Å². The van der Waals surface area contributed by atoms with Crippen LogP contribution in [-0.2, 0) is 0 Å². The number of nitrogen functional groups attached to an aromatic ring is 1. The Morgan fingerprint density at radius 3 is 2.16 bits per heavy atom. The van der Waals surface area contributed by atoms with Crippen LogP contribution in [-0.4, -0.2) is 24.2 Å². The molecule has 0 spiro atoms. The molecule has 1 heterocycles. The highest BCUT2D eigenvalue weighted by atomic mass is 35.5. The van der Waals surface area contributed by atoms with Crippen LogP contribution in [0.15, 0.2) is 24.5 Å². The van der Waals surface area contributed by atoms with E-state index >= 15 is 0 Å². The standard InChI is InChI=1S/C12H12ClN3O3/c1-17-7-3-8(18-2)5-9(4-7)19-12-10(14)11(13)15-6-16-12/h3-6H,14H2,1-2H3. The lowest BCUT2D eigenvalue weighted by atomic mass is 10.3. The summed E-state index contributed by atoms with van der Waals surface area (Å²) in [6.45, 7) is 0. The second-order valence-electron chi connectivity index (χ2n) is 3.53. The zero-order valence-corrected chi connectivity index (χ0v) is 11.1. The first kappa shape index (κ1) is 13.2. The molecular formula is C12H12ClN3O3. The van der Waals surface area contributed by atoms with Gasteiger partial charge >= 0.3 is 0 Å². The Balaban J connectivity index is 2.34. The van der Waals surface area contributed by atoms with Crippen molar-refractivity contribution < 1.29 is 14.2 Å². The lowest BCUT2D eigenvalue weighted by Gasteiger charge is -2.10. The molecule has 2 aromatic rings. The molecule has 0 saturated heterocycles. The van der Waals surface area contributed by atoms with E-state index in [9.17, 15) is 0 Å². The molecule has 0 saturated carbocycles. The molecule has 1 aromatic heterocycles. The summed E-state index contributed by atoms with van der Waals surface area (Å²) in [4.78, 5) is 7.67. The maximum atomic E-state index is 5.79. The fraction of sp³-hybridized carbons (Fsp3) is 0.167. The van der Waals surface area contributed by atoms with Crippen LogP contribution in [0.1, 0.15) is 0 Å². The minimum Gasteiger partial charge on any atom is -0.496 e. The number of nitrogens with zero attached hydrogens (tertiary/aromatic N) is 2. The highest BCUT2D eigenvalue weighted by molar-refractivity contribution is 6.32. The van der Waals surface area contributed by atoms with Gasteiger partial charge in [-0.05, 0) is 0 Å². The number of hydrogen-bond donors (Lipinski definition) is 1. The first-order valence-corrected chi connectivity index (χ1v) is 5.68. The normalized spacial score (nSPS) is 10.1. The molecule has 6 nitrogen and oxygen atoms in total. The monoisotopic (exact) mass is 281 g/mol. The fourth-order valence-electron chi connectivity index (χ4n) is 1.39. The molecule has 0 atom stereocenters. The SMILES string of the molecule is COc1cc(OC)cc(Oc2ncnc(Cl)c2N)c1. The molecule has 0 unspecified atom stereocenters. The largest absolute Gasteiger partial charge is 0.496 e. The van der Waals surface area contributed by atoms with E-state index in [1.807, 2.05) is 0 Å². The number of anilines is 1. The van der Waals surface area contributed by atoms with Gasteiger partial charge in [-0.3, -0.25) is 0 Å². The summed E-state index contributed by atoms with van der Waals surface area (Å²) in [5.74, 6) is 1.83. The topological polar surface area (TPSA) is 79.5 Å². The highest BCUT2D eigenvalue weighted by Gasteiger charge is 2.10. The summed E-state index contributed by atoms with van der Waals surface area (Å²) >= 11 is 5.79. The molecule has 7 heteroatoms. The average molecular weight is 282 g/mol. The summed E-state index contributed by atoms with van der Waals surface area (Å²) in [6, 6.07) is 5.08. The molecule has 2 rings (SSSR count). The van der Waals surface area contributed by atoms with Crippen LogP contribution in [0.25, 0.3) is 0 Å². The Kier molecular flexibility index (Phi) is 3.91. The summed E-state index contributed by atoms with van der Waals surface area (Å²) < 4.78 is 15.8. The molecule has 0 amide bonds. The molecule has 19 heavy (non-hydrogen) atoms. The fourth-order valence-corrected chi connectivity index (χ4v) is 1.52. The average Bonchev–Trinajstić information content (AvgIpc) is 2.43. The Bertz CT molecular complexity index is 570. The lowest BCUT2D eigenvalue weighted by Crippen LogP contribution is -1.98. The van der Waals surface area contributed by atoms with Crippen LogP contribution in [0.3, 0.4) is 0 Å². The third kappa shape index (κ3) is 2.97. The summed E-state index contributed by atoms with van der Waals surface area (Å²) in [5, 5.41) is 0.139. The number of nitrogens with two attached hydrogens (primary N) is 1. The van der Waals surface area contributed by atoms with E-state index in [0.717, 1.165) is 0 Å². The Labute approximate surface area is 115 Å². The van der Waals surface area contributed by atoms with Crippen molar-refractivity contribution in [3.8, 4) is 23.1 Å². The van der Waals surface area contributed by atoms with Gasteiger partial charge < -0.3 is 19.9 Å². The number of methoxy groups -OCH3 is 2. The van der Waals surface area contributed by atoms with Crippen molar-refractivity contribution in [2.24, 2.45) is 0 Å². The third-order valence-corrected chi connectivity index (χ3v) is 2.64. The number of hydrogen-bond acceptors (Lipinski definition) is 6. The van der Waals surface area contributed by atoms with Crippen molar-refractivity contribution in [1.29, 1.82) is 0 Å². The minimum atomic E-state index is 0.139. The van der Waals surface area contributed by atoms with Crippen LogP contribution in [0, 0.1) is 0 Å². The molecule has 0 radical (unpaired) electrons. The van der Waals surface area contributed by atoms with E-state index < -0.39 is 0 Å². The summed E-state index contributed by atoms with van der Waals surface area (Å²) in [6.07, 6.45) is 1.27. The molecule has 0 bridgehead atoms. The predicted molar refractivity (Wildman–Crippen MR) is 71.1 cm³/mol. The van der Waals surface area contributed by atoms with Gasteiger partial charge in [0.15, 0.2) is 5.15 Å². The quantitative estimate of drug-likeness (QED) is 0.868. The molecule has 2 N–H and O–H groups in total. The van der Waals surface area contributed by atoms with Crippen molar-refractivity contribution in [1.82, 2.24) is 9.97 Å². The van der Waals surface area contributed by atoms with Crippen LogP contribution >= 0.6 is 11.6 Å². The zero-order chi connectivity index (χ0) is 13.8. The van der Waals surface area contributed by atoms with Crippen molar-refractivity contribution in [3.05, 3.63) is 29.7 Å². The third-order valence-electron chi connectivity index (χ3n) is 2.34. The number of rotatable bonds is 4. The van der Waals surface area contributed by atoms with Gasteiger partial charge in [-0.1, -0.05) is 11.6 Å². The van der Waals surface area contributed by atoms with E-state index in [-0.39, 0.29) is 16.7 Å². The van der Waals surface area contributed by atoms with E-state index in [1.165, 1.54) is 6.33 Å². The number of benzene rings is 1. The van der Waals surface area contributed by atoms with Gasteiger partial charge in [0, 0.05) is 18.2 Å². The zero-order valence-electron chi connectivity index (χ0n) is 10.4. The van der Waals surface area contributed by atoms with Crippen LogP contribution < -0.4 is 19.9 Å². The van der Waals surface area contributed by atoms with Gasteiger partial charge in [0.2, 0.25) is 5.88 Å². The molecule has 0 aliphatic rings. The Morgan fingerprint density at radius 1 is 1.00 bits per heavy atom. The number of aromatic nitrogens is 2. The predicted octanol–water partition coefficient (Wildman–Crippen LogP) is 2.52. The number of ether oxygens (including phenoxy) is 3. The van der Waals surface area contributed by atoms with E-state index in [1.54, 1.807) is 32.4 Å². The van der Waals surface area contributed by atoms with Crippen LogP contribution in [0.4, 0.5) is 5.69 Å². The first-order valence-electron chi connectivity index (χ1n) is 5.31. The molecule has 0 aliphatic heterocycles. The van der Waals surface area contributed by atoms with Gasteiger partial charge in [0.1, 0.15) is 29.3 Å². The number of halogens is 1. The van der Waals surface area contributed by atoms with Crippen molar-refractivity contribution in [2.45, 2.75) is 0 Å². The van der Waals surface area contributed by atoms with Crippen LogP contribution in [0.2, 0.25) is 5.15 Å². The van der Waals surface area contributed by atoms with Crippen molar-refractivity contribution in [2.75, 3.05) is 20.0 Å². The van der Waals surface area contributed by atoms with E-state index in [4.69, 9.17) is 31.5 Å². The van der Waals surface area contributed by atoms with E-state index in [2.05, 4.69) is 9.97 Å². The van der Waals surface area contributed by atoms with Gasteiger partial charge in [-0.2, -0.15) is 4.98 Å². The van der Waals surface area contributed by atoms with Crippen LogP contribution in [0.5, 0.6) is 23.1 Å². The second-order valence-corrected chi connectivity index (χ2v) is 3.89. The maximum absolute atomic E-state index is 5.79. The van der Waals surface area contributed by atoms with Crippen molar-refractivity contribution >= 4 is 17.3 Å². The molecule has 1 aromatic carbocycles. The highest BCUT2D eigenvalue weighted by Crippen LogP contribution is 2.33. The minimum absolute atomic E-state index is 0.139. The molecular weight excluding hydrogens is 270 g/mol. The molecule has 100 valence electrons. The van der Waals surface area contributed by atoms with Gasteiger partial charge in [-0.15, -0.1) is 0 Å². The maximum Gasteiger partial charge on any atom is 0.247 e. The van der Waals surface area contributed by atoms with E-state index in [0.29, 0.717) is 17.2 Å². The summed E-state index contributed by atoms with van der Waals surface area (Å²) in [7, 11) is 3.10. The smallest absolute Gasteiger partial charge is 0.247 e. The summed E-state index contributed by atoms with van der Waals surface area (Å²) in [5.41, 5.74) is 5.90. The Morgan fingerprint density at radius 2 is 1.58 bits per heavy atom. The van der Waals surface area contributed by atoms with Gasteiger partial charge in [0.05, 0.1) is 14.2 Å². The molecule has 0 fully saturated rings. The first-order chi connectivity index (χ1) is 9.13. The van der Waals surface area contributed by atoms with Crippen molar-refractivity contribution in [3.63, 3.8) is 0 Å². The Hall–Kier alpha value is -2.21.